The zero-order chi connectivity index (χ0) is 20.2. The Bertz CT molecular complexity index is 1150. The van der Waals surface area contributed by atoms with Gasteiger partial charge in [0.15, 0.2) is 12.4 Å². The SMILES string of the molecule is CCCc1nnc2sc(-c3cccc(NC(=O)COc4cccc(C)c4)c3)nn12. The van der Waals surface area contributed by atoms with Crippen LogP contribution in [0.4, 0.5) is 5.69 Å². The second kappa shape index (κ2) is 8.40. The highest BCUT2D eigenvalue weighted by Gasteiger charge is 2.13. The summed E-state index contributed by atoms with van der Waals surface area (Å²) in [6.45, 7) is 4.03. The van der Waals surface area contributed by atoms with Crippen LogP contribution >= 0.6 is 11.3 Å². The lowest BCUT2D eigenvalue weighted by Gasteiger charge is -2.08. The van der Waals surface area contributed by atoms with Gasteiger partial charge in [-0.1, -0.05) is 42.5 Å². The number of ether oxygens (including phenoxy) is 1. The Balaban J connectivity index is 1.45. The quantitative estimate of drug-likeness (QED) is 0.498. The average molecular weight is 407 g/mol. The maximum Gasteiger partial charge on any atom is 0.262 e. The number of fused-ring (bicyclic) bond motifs is 1. The molecule has 0 radical (unpaired) electrons. The summed E-state index contributed by atoms with van der Waals surface area (Å²) < 4.78 is 7.36. The summed E-state index contributed by atoms with van der Waals surface area (Å²) in [6.07, 6.45) is 1.82. The van der Waals surface area contributed by atoms with E-state index in [1.807, 2.05) is 55.5 Å². The topological polar surface area (TPSA) is 81.4 Å². The van der Waals surface area contributed by atoms with E-state index in [-0.39, 0.29) is 12.5 Å². The number of benzene rings is 2. The summed E-state index contributed by atoms with van der Waals surface area (Å²) >= 11 is 1.47. The van der Waals surface area contributed by atoms with Crippen LogP contribution in [-0.2, 0) is 11.2 Å². The second-order valence-electron chi connectivity index (χ2n) is 6.70. The summed E-state index contributed by atoms with van der Waals surface area (Å²) in [5.41, 5.74) is 2.70. The van der Waals surface area contributed by atoms with Crippen LogP contribution in [0.5, 0.6) is 5.75 Å². The molecule has 4 rings (SSSR count). The van der Waals surface area contributed by atoms with Gasteiger partial charge in [0.2, 0.25) is 4.96 Å². The molecular formula is C21H21N5O2S. The number of carbonyl (C=O) groups is 1. The van der Waals surface area contributed by atoms with E-state index in [1.165, 1.54) is 11.3 Å². The van der Waals surface area contributed by atoms with E-state index in [4.69, 9.17) is 4.74 Å². The average Bonchev–Trinajstić information content (AvgIpc) is 3.29. The summed E-state index contributed by atoms with van der Waals surface area (Å²) in [5, 5.41) is 16.7. The van der Waals surface area contributed by atoms with Gasteiger partial charge in [0.1, 0.15) is 10.8 Å². The van der Waals surface area contributed by atoms with E-state index in [0.29, 0.717) is 11.4 Å². The first kappa shape index (κ1) is 19.1. The molecule has 2 aromatic heterocycles. The minimum atomic E-state index is -0.216. The molecular weight excluding hydrogens is 386 g/mol. The monoisotopic (exact) mass is 407 g/mol. The van der Waals surface area contributed by atoms with Gasteiger partial charge in [0.25, 0.3) is 5.91 Å². The molecule has 0 unspecified atom stereocenters. The number of rotatable bonds is 7. The molecule has 2 heterocycles. The Morgan fingerprint density at radius 2 is 2.03 bits per heavy atom. The molecule has 148 valence electrons. The molecule has 0 saturated heterocycles. The Labute approximate surface area is 172 Å². The lowest BCUT2D eigenvalue weighted by molar-refractivity contribution is -0.118. The van der Waals surface area contributed by atoms with Crippen LogP contribution < -0.4 is 10.1 Å². The fraction of sp³-hybridized carbons (Fsp3) is 0.238. The number of amides is 1. The summed E-state index contributed by atoms with van der Waals surface area (Å²) in [6, 6.07) is 15.2. The molecule has 0 aliphatic heterocycles. The highest BCUT2D eigenvalue weighted by atomic mass is 32.1. The number of nitrogens with zero attached hydrogens (tertiary/aromatic N) is 4. The van der Waals surface area contributed by atoms with Crippen molar-refractivity contribution in [1.29, 1.82) is 0 Å². The maximum atomic E-state index is 12.3. The van der Waals surface area contributed by atoms with E-state index in [2.05, 4.69) is 27.5 Å². The van der Waals surface area contributed by atoms with Crippen molar-refractivity contribution in [3.63, 3.8) is 0 Å². The molecule has 0 saturated carbocycles. The Morgan fingerprint density at radius 1 is 1.17 bits per heavy atom. The minimum absolute atomic E-state index is 0.0508. The Kier molecular flexibility index (Phi) is 5.53. The summed E-state index contributed by atoms with van der Waals surface area (Å²) in [7, 11) is 0. The molecule has 7 nitrogen and oxygen atoms in total. The Hall–Kier alpha value is -3.26. The van der Waals surface area contributed by atoms with Gasteiger partial charge in [0, 0.05) is 17.7 Å². The van der Waals surface area contributed by atoms with Crippen molar-refractivity contribution in [1.82, 2.24) is 19.8 Å². The molecule has 29 heavy (non-hydrogen) atoms. The van der Waals surface area contributed by atoms with Gasteiger partial charge in [-0.25, -0.2) is 0 Å². The number of hydrogen-bond donors (Lipinski definition) is 1. The number of aryl methyl sites for hydroxylation is 2. The highest BCUT2D eigenvalue weighted by molar-refractivity contribution is 7.19. The van der Waals surface area contributed by atoms with Crippen LogP contribution in [0.3, 0.4) is 0 Å². The van der Waals surface area contributed by atoms with Crippen LogP contribution in [0.2, 0.25) is 0 Å². The van der Waals surface area contributed by atoms with Crippen molar-refractivity contribution in [2.75, 3.05) is 11.9 Å². The third kappa shape index (κ3) is 4.43. The largest absolute Gasteiger partial charge is 0.484 e. The van der Waals surface area contributed by atoms with Gasteiger partial charge in [-0.3, -0.25) is 4.79 Å². The summed E-state index contributed by atoms with van der Waals surface area (Å²) in [5.74, 6) is 1.33. The van der Waals surface area contributed by atoms with Crippen LogP contribution in [0.1, 0.15) is 24.7 Å². The lowest BCUT2D eigenvalue weighted by atomic mass is 10.2. The molecule has 0 aliphatic rings. The first-order valence-corrected chi connectivity index (χ1v) is 10.2. The number of aromatic nitrogens is 4. The van der Waals surface area contributed by atoms with Crippen molar-refractivity contribution in [2.24, 2.45) is 0 Å². The molecule has 2 aromatic carbocycles. The number of carbonyl (C=O) groups excluding carboxylic acids is 1. The highest BCUT2D eigenvalue weighted by Crippen LogP contribution is 2.27. The first-order valence-electron chi connectivity index (χ1n) is 9.43. The standard InChI is InChI=1S/C21H21N5O2S/c1-3-6-18-23-24-21-26(18)25-20(29-21)15-8-5-9-16(12-15)22-19(27)13-28-17-10-4-7-14(2)11-17/h4-5,7-12H,3,6,13H2,1-2H3,(H,22,27). The van der Waals surface area contributed by atoms with Gasteiger partial charge in [-0.2, -0.15) is 9.61 Å². The van der Waals surface area contributed by atoms with Crippen LogP contribution in [-0.4, -0.2) is 32.3 Å². The molecule has 4 aromatic rings. The van der Waals surface area contributed by atoms with Gasteiger partial charge < -0.3 is 10.1 Å². The van der Waals surface area contributed by atoms with Gasteiger partial charge in [-0.05, 0) is 43.2 Å². The second-order valence-corrected chi connectivity index (χ2v) is 7.66. The number of nitrogens with one attached hydrogen (secondary N) is 1. The van der Waals surface area contributed by atoms with Gasteiger partial charge in [0.05, 0.1) is 0 Å². The molecule has 1 amide bonds. The molecule has 0 fully saturated rings. The van der Waals surface area contributed by atoms with E-state index in [9.17, 15) is 4.79 Å². The molecule has 0 bridgehead atoms. The summed E-state index contributed by atoms with van der Waals surface area (Å²) in [4.78, 5) is 13.0. The van der Waals surface area contributed by atoms with E-state index >= 15 is 0 Å². The number of anilines is 1. The van der Waals surface area contributed by atoms with Crippen LogP contribution in [0.15, 0.2) is 48.5 Å². The molecule has 0 atom stereocenters. The lowest BCUT2D eigenvalue weighted by Crippen LogP contribution is -2.20. The maximum absolute atomic E-state index is 12.3. The zero-order valence-corrected chi connectivity index (χ0v) is 17.1. The molecule has 1 N–H and O–H groups in total. The van der Waals surface area contributed by atoms with Crippen molar-refractivity contribution in [2.45, 2.75) is 26.7 Å². The van der Waals surface area contributed by atoms with E-state index in [0.717, 1.165) is 39.8 Å². The Morgan fingerprint density at radius 3 is 2.86 bits per heavy atom. The third-order valence-electron chi connectivity index (χ3n) is 4.28. The molecule has 8 heteroatoms. The predicted octanol–water partition coefficient (Wildman–Crippen LogP) is 4.13. The predicted molar refractivity (Wildman–Crippen MR) is 113 cm³/mol. The molecule has 0 aliphatic carbocycles. The van der Waals surface area contributed by atoms with E-state index < -0.39 is 0 Å². The van der Waals surface area contributed by atoms with Crippen molar-refractivity contribution >= 4 is 27.9 Å². The fourth-order valence-electron chi connectivity index (χ4n) is 2.93. The van der Waals surface area contributed by atoms with Crippen molar-refractivity contribution in [3.8, 4) is 16.3 Å². The smallest absolute Gasteiger partial charge is 0.262 e. The van der Waals surface area contributed by atoms with Crippen molar-refractivity contribution < 1.29 is 9.53 Å². The zero-order valence-electron chi connectivity index (χ0n) is 16.3. The normalized spacial score (nSPS) is 11.0. The first-order chi connectivity index (χ1) is 14.1. The van der Waals surface area contributed by atoms with Gasteiger partial charge in [-0.15, -0.1) is 10.2 Å². The van der Waals surface area contributed by atoms with Crippen LogP contribution in [0.25, 0.3) is 15.5 Å². The van der Waals surface area contributed by atoms with Gasteiger partial charge >= 0.3 is 0 Å². The number of hydrogen-bond acceptors (Lipinski definition) is 6. The van der Waals surface area contributed by atoms with Crippen LogP contribution in [0, 0.1) is 6.92 Å². The fourth-order valence-corrected chi connectivity index (χ4v) is 3.79. The van der Waals surface area contributed by atoms with Crippen molar-refractivity contribution in [3.05, 3.63) is 59.9 Å². The minimum Gasteiger partial charge on any atom is -0.484 e. The third-order valence-corrected chi connectivity index (χ3v) is 5.23. The molecule has 0 spiro atoms. The van der Waals surface area contributed by atoms with E-state index in [1.54, 1.807) is 4.52 Å².